The summed E-state index contributed by atoms with van der Waals surface area (Å²) in [4.78, 5) is 20.2. The Bertz CT molecular complexity index is 688. The fraction of sp³-hybridized carbons (Fsp3) is 0.400. The Balaban J connectivity index is 1.60. The van der Waals surface area contributed by atoms with E-state index in [1.54, 1.807) is 18.0 Å². The first kappa shape index (κ1) is 18.9. The second-order valence-corrected chi connectivity index (χ2v) is 7.16. The zero-order valence-corrected chi connectivity index (χ0v) is 15.9. The molecule has 138 valence electrons. The molecule has 2 aromatic rings. The zero-order valence-electron chi connectivity index (χ0n) is 15.1. The van der Waals surface area contributed by atoms with Gasteiger partial charge in [0.15, 0.2) is 0 Å². The molecule has 1 atom stereocenters. The van der Waals surface area contributed by atoms with Gasteiger partial charge in [-0.15, -0.1) is 11.8 Å². The molecule has 1 aliphatic rings. The van der Waals surface area contributed by atoms with Crippen LogP contribution in [0.3, 0.4) is 0 Å². The molecule has 0 radical (unpaired) electrons. The number of morpholine rings is 1. The molecule has 5 nitrogen and oxygen atoms in total. The number of ether oxygens (including phenoxy) is 1. The van der Waals surface area contributed by atoms with Crippen molar-refractivity contribution in [1.82, 2.24) is 15.2 Å². The Morgan fingerprint density at radius 2 is 2.04 bits per heavy atom. The number of thioether (sulfide) groups is 1. The smallest absolute Gasteiger partial charge is 0.224 e. The van der Waals surface area contributed by atoms with Gasteiger partial charge >= 0.3 is 0 Å². The fourth-order valence-electron chi connectivity index (χ4n) is 3.12. The average molecular weight is 372 g/mol. The van der Waals surface area contributed by atoms with E-state index >= 15 is 0 Å². The highest BCUT2D eigenvalue weighted by atomic mass is 32.2. The van der Waals surface area contributed by atoms with Crippen molar-refractivity contribution in [2.24, 2.45) is 0 Å². The number of carbonyl (C=O) groups is 1. The molecule has 1 aromatic carbocycles. The summed E-state index contributed by atoms with van der Waals surface area (Å²) < 4.78 is 5.46. The normalized spacial score (nSPS) is 16.2. The first-order chi connectivity index (χ1) is 12.8. The first-order valence-electron chi connectivity index (χ1n) is 8.87. The number of aromatic nitrogens is 1. The van der Waals surface area contributed by atoms with Crippen molar-refractivity contribution < 1.29 is 9.53 Å². The van der Waals surface area contributed by atoms with E-state index in [4.69, 9.17) is 4.74 Å². The van der Waals surface area contributed by atoms with Crippen molar-refractivity contribution in [3.8, 4) is 0 Å². The molecule has 1 saturated heterocycles. The standard InChI is InChI=1S/C20H25N3O2S/c1-26-18-6-4-16(5-7-18)13-20(24)22-15-19(17-3-2-8-21-14-17)23-9-11-25-12-10-23/h2-8,14,19H,9-13,15H2,1H3,(H,22,24)/t19-/m1/s1. The molecular weight excluding hydrogens is 346 g/mol. The summed E-state index contributed by atoms with van der Waals surface area (Å²) in [5.41, 5.74) is 2.16. The maximum Gasteiger partial charge on any atom is 0.224 e. The van der Waals surface area contributed by atoms with Gasteiger partial charge in [-0.2, -0.15) is 0 Å². The number of benzene rings is 1. The lowest BCUT2D eigenvalue weighted by Gasteiger charge is -2.34. The van der Waals surface area contributed by atoms with Gasteiger partial charge in [-0.3, -0.25) is 14.7 Å². The minimum Gasteiger partial charge on any atom is -0.379 e. The van der Waals surface area contributed by atoms with Crippen LogP contribution in [0, 0.1) is 0 Å². The third-order valence-electron chi connectivity index (χ3n) is 4.57. The van der Waals surface area contributed by atoms with E-state index in [-0.39, 0.29) is 11.9 Å². The molecule has 1 aliphatic heterocycles. The van der Waals surface area contributed by atoms with Gasteiger partial charge in [0.25, 0.3) is 0 Å². The molecule has 1 amide bonds. The molecule has 26 heavy (non-hydrogen) atoms. The van der Waals surface area contributed by atoms with Crippen LogP contribution in [0.4, 0.5) is 0 Å². The van der Waals surface area contributed by atoms with Crippen LogP contribution in [-0.2, 0) is 16.0 Å². The number of pyridine rings is 1. The number of nitrogens with zero attached hydrogens (tertiary/aromatic N) is 2. The molecule has 1 aromatic heterocycles. The summed E-state index contributed by atoms with van der Waals surface area (Å²) in [7, 11) is 0. The maximum absolute atomic E-state index is 12.4. The largest absolute Gasteiger partial charge is 0.379 e. The third-order valence-corrected chi connectivity index (χ3v) is 5.32. The summed E-state index contributed by atoms with van der Waals surface area (Å²) in [6.45, 7) is 3.77. The van der Waals surface area contributed by atoms with E-state index in [9.17, 15) is 4.79 Å². The summed E-state index contributed by atoms with van der Waals surface area (Å²) in [5, 5.41) is 3.10. The topological polar surface area (TPSA) is 54.5 Å². The van der Waals surface area contributed by atoms with Crippen LogP contribution in [0.15, 0.2) is 53.7 Å². The van der Waals surface area contributed by atoms with Gasteiger partial charge in [-0.25, -0.2) is 0 Å². The summed E-state index contributed by atoms with van der Waals surface area (Å²) in [6.07, 6.45) is 6.10. The molecule has 6 heteroatoms. The van der Waals surface area contributed by atoms with Crippen molar-refractivity contribution in [3.05, 3.63) is 59.9 Å². The van der Waals surface area contributed by atoms with Gasteiger partial charge in [0, 0.05) is 36.9 Å². The number of hydrogen-bond acceptors (Lipinski definition) is 5. The first-order valence-corrected chi connectivity index (χ1v) is 10.1. The Kier molecular flexibility index (Phi) is 7.05. The lowest BCUT2D eigenvalue weighted by Crippen LogP contribution is -2.44. The number of rotatable bonds is 7. The fourth-order valence-corrected chi connectivity index (χ4v) is 3.53. The van der Waals surface area contributed by atoms with E-state index in [0.717, 1.165) is 37.4 Å². The minimum atomic E-state index is 0.0454. The van der Waals surface area contributed by atoms with Crippen LogP contribution >= 0.6 is 11.8 Å². The van der Waals surface area contributed by atoms with Crippen LogP contribution < -0.4 is 5.32 Å². The Morgan fingerprint density at radius 3 is 2.69 bits per heavy atom. The van der Waals surface area contributed by atoms with Gasteiger partial charge in [0.2, 0.25) is 5.91 Å². The molecule has 1 fully saturated rings. The maximum atomic E-state index is 12.4. The van der Waals surface area contributed by atoms with Gasteiger partial charge in [-0.05, 0) is 35.6 Å². The number of amides is 1. The molecule has 0 bridgehead atoms. The van der Waals surface area contributed by atoms with Crippen molar-refractivity contribution in [1.29, 1.82) is 0 Å². The van der Waals surface area contributed by atoms with Crippen molar-refractivity contribution >= 4 is 17.7 Å². The number of hydrogen-bond donors (Lipinski definition) is 1. The third kappa shape index (κ3) is 5.30. The lowest BCUT2D eigenvalue weighted by atomic mass is 10.1. The van der Waals surface area contributed by atoms with E-state index in [1.807, 2.05) is 30.7 Å². The molecule has 0 spiro atoms. The SMILES string of the molecule is CSc1ccc(CC(=O)NC[C@H](c2cccnc2)N2CCOCC2)cc1. The Hall–Kier alpha value is -1.89. The van der Waals surface area contributed by atoms with E-state index in [2.05, 4.69) is 33.4 Å². The number of nitrogens with one attached hydrogen (secondary N) is 1. The Morgan fingerprint density at radius 1 is 1.27 bits per heavy atom. The second kappa shape index (κ2) is 9.71. The van der Waals surface area contributed by atoms with Gasteiger partial charge < -0.3 is 10.1 Å². The van der Waals surface area contributed by atoms with Crippen LogP contribution in [0.25, 0.3) is 0 Å². The van der Waals surface area contributed by atoms with E-state index < -0.39 is 0 Å². The highest BCUT2D eigenvalue weighted by Gasteiger charge is 2.23. The second-order valence-electron chi connectivity index (χ2n) is 6.28. The molecule has 1 N–H and O–H groups in total. The predicted molar refractivity (Wildman–Crippen MR) is 104 cm³/mol. The van der Waals surface area contributed by atoms with Crippen molar-refractivity contribution in [2.45, 2.75) is 17.4 Å². The average Bonchev–Trinajstić information content (AvgIpc) is 2.70. The minimum absolute atomic E-state index is 0.0454. The summed E-state index contributed by atoms with van der Waals surface area (Å²) >= 11 is 1.70. The zero-order chi connectivity index (χ0) is 18.2. The predicted octanol–water partition coefficient (Wildman–Crippen LogP) is 2.54. The lowest BCUT2D eigenvalue weighted by molar-refractivity contribution is -0.120. The molecule has 2 heterocycles. The van der Waals surface area contributed by atoms with Gasteiger partial charge in [0.1, 0.15) is 0 Å². The van der Waals surface area contributed by atoms with E-state index in [0.29, 0.717) is 13.0 Å². The summed E-state index contributed by atoms with van der Waals surface area (Å²) in [5.74, 6) is 0.0454. The van der Waals surface area contributed by atoms with Crippen LogP contribution in [-0.4, -0.2) is 54.9 Å². The highest BCUT2D eigenvalue weighted by molar-refractivity contribution is 7.98. The molecule has 0 aliphatic carbocycles. The number of carbonyl (C=O) groups excluding carboxylic acids is 1. The van der Waals surface area contributed by atoms with Crippen molar-refractivity contribution in [3.63, 3.8) is 0 Å². The van der Waals surface area contributed by atoms with Gasteiger partial charge in [-0.1, -0.05) is 18.2 Å². The van der Waals surface area contributed by atoms with E-state index in [1.165, 1.54) is 4.90 Å². The quantitative estimate of drug-likeness (QED) is 0.758. The van der Waals surface area contributed by atoms with Gasteiger partial charge in [0.05, 0.1) is 25.7 Å². The summed E-state index contributed by atoms with van der Waals surface area (Å²) in [6, 6.07) is 12.3. The van der Waals surface area contributed by atoms with Crippen LogP contribution in [0.5, 0.6) is 0 Å². The molecule has 0 unspecified atom stereocenters. The highest BCUT2D eigenvalue weighted by Crippen LogP contribution is 2.20. The molecular formula is C20H25N3O2S. The van der Waals surface area contributed by atoms with Crippen LogP contribution in [0.1, 0.15) is 17.2 Å². The van der Waals surface area contributed by atoms with Crippen LogP contribution in [0.2, 0.25) is 0 Å². The van der Waals surface area contributed by atoms with Crippen molar-refractivity contribution in [2.75, 3.05) is 39.1 Å². The Labute approximate surface area is 159 Å². The monoisotopic (exact) mass is 371 g/mol. The molecule has 0 saturated carbocycles. The molecule has 3 rings (SSSR count).